The molecule has 0 atom stereocenters. The summed E-state index contributed by atoms with van der Waals surface area (Å²) < 4.78 is 7.00. The predicted molar refractivity (Wildman–Crippen MR) is 92.2 cm³/mol. The van der Waals surface area contributed by atoms with E-state index in [9.17, 15) is 0 Å². The molecule has 0 spiro atoms. The van der Waals surface area contributed by atoms with E-state index in [0.717, 1.165) is 51.3 Å². The minimum Gasteiger partial charge on any atom is -0.497 e. The van der Waals surface area contributed by atoms with Crippen molar-refractivity contribution >= 4 is 16.3 Å². The number of nitrogens with one attached hydrogen (secondary N) is 1. The molecule has 3 heterocycles. The van der Waals surface area contributed by atoms with E-state index in [0.29, 0.717) is 0 Å². The van der Waals surface area contributed by atoms with Gasteiger partial charge in [-0.1, -0.05) is 18.3 Å². The van der Waals surface area contributed by atoms with Crippen LogP contribution in [0.4, 0.5) is 0 Å². The largest absolute Gasteiger partial charge is 0.497 e. The number of methoxy groups -OCH3 is 1. The zero-order valence-corrected chi connectivity index (χ0v) is 14.2. The van der Waals surface area contributed by atoms with Crippen LogP contribution in [-0.4, -0.2) is 37.1 Å². The molecule has 4 aromatic rings. The van der Waals surface area contributed by atoms with Crippen LogP contribution in [0.5, 0.6) is 5.75 Å². The molecule has 3 aromatic heterocycles. The quantitative estimate of drug-likeness (QED) is 0.603. The van der Waals surface area contributed by atoms with Crippen molar-refractivity contribution < 1.29 is 4.74 Å². The minimum atomic E-state index is 0.800. The number of benzene rings is 1. The number of hydrogen-bond donors (Lipinski definition) is 1. The third-order valence-electron chi connectivity index (χ3n) is 3.72. The summed E-state index contributed by atoms with van der Waals surface area (Å²) in [4.78, 5) is 0.800. The van der Waals surface area contributed by atoms with Gasteiger partial charge in [-0.15, -0.1) is 10.2 Å². The Kier molecular flexibility index (Phi) is 3.73. The first-order valence-electron chi connectivity index (χ1n) is 7.70. The van der Waals surface area contributed by atoms with Crippen LogP contribution in [-0.2, 0) is 6.42 Å². The molecular formula is C16H16N6OS. The number of H-pyrrole nitrogens is 1. The topological polar surface area (TPSA) is 81.0 Å². The molecule has 0 aliphatic rings. The number of aromatic nitrogens is 6. The molecule has 0 aliphatic carbocycles. The lowest BCUT2D eigenvalue weighted by Gasteiger charge is -1.99. The van der Waals surface area contributed by atoms with Crippen LogP contribution < -0.4 is 4.74 Å². The summed E-state index contributed by atoms with van der Waals surface area (Å²) in [5.74, 6) is 1.72. The highest BCUT2D eigenvalue weighted by Crippen LogP contribution is 2.28. The fourth-order valence-electron chi connectivity index (χ4n) is 2.49. The molecule has 7 nitrogen and oxygen atoms in total. The van der Waals surface area contributed by atoms with Gasteiger partial charge < -0.3 is 4.74 Å². The van der Waals surface area contributed by atoms with Crippen LogP contribution >= 0.6 is 11.3 Å². The molecule has 0 bridgehead atoms. The Hall–Kier alpha value is -2.74. The number of nitrogens with zero attached hydrogens (tertiary/aromatic N) is 5. The molecule has 0 aliphatic heterocycles. The Morgan fingerprint density at radius 3 is 2.79 bits per heavy atom. The maximum atomic E-state index is 5.18. The van der Waals surface area contributed by atoms with Gasteiger partial charge in [0.2, 0.25) is 4.96 Å². The first kappa shape index (κ1) is 14.8. The zero-order chi connectivity index (χ0) is 16.5. The highest BCUT2D eigenvalue weighted by Gasteiger charge is 2.14. The second-order valence-corrected chi connectivity index (χ2v) is 6.32. The van der Waals surface area contributed by atoms with Crippen LogP contribution in [0.1, 0.15) is 19.2 Å². The number of hydrogen-bond acceptors (Lipinski definition) is 6. The summed E-state index contributed by atoms with van der Waals surface area (Å²) in [7, 11) is 1.65. The van der Waals surface area contributed by atoms with Crippen molar-refractivity contribution in [2.24, 2.45) is 0 Å². The Morgan fingerprint density at radius 2 is 2.04 bits per heavy atom. The molecule has 0 radical (unpaired) electrons. The molecule has 0 amide bonds. The zero-order valence-electron chi connectivity index (χ0n) is 13.4. The molecule has 0 saturated carbocycles. The Balaban J connectivity index is 1.66. The lowest BCUT2D eigenvalue weighted by Crippen LogP contribution is -1.95. The molecule has 8 heteroatoms. The van der Waals surface area contributed by atoms with Gasteiger partial charge in [-0.2, -0.15) is 14.7 Å². The molecule has 1 N–H and O–H groups in total. The molecule has 0 unspecified atom stereocenters. The van der Waals surface area contributed by atoms with Crippen LogP contribution in [0.2, 0.25) is 0 Å². The molecule has 122 valence electrons. The first-order valence-corrected chi connectivity index (χ1v) is 8.51. The second kappa shape index (κ2) is 6.04. The number of aryl methyl sites for hydroxylation is 1. The van der Waals surface area contributed by atoms with Gasteiger partial charge >= 0.3 is 0 Å². The van der Waals surface area contributed by atoms with Crippen molar-refractivity contribution in [1.82, 2.24) is 30.0 Å². The monoisotopic (exact) mass is 340 g/mol. The molecule has 0 fully saturated rings. The second-order valence-electron chi connectivity index (χ2n) is 5.36. The van der Waals surface area contributed by atoms with Crippen LogP contribution in [0, 0.1) is 0 Å². The van der Waals surface area contributed by atoms with E-state index in [1.165, 1.54) is 11.3 Å². The predicted octanol–water partition coefficient (Wildman–Crippen LogP) is 3.20. The molecule has 0 saturated heterocycles. The normalized spacial score (nSPS) is 11.2. The summed E-state index contributed by atoms with van der Waals surface area (Å²) in [5, 5.41) is 21.3. The van der Waals surface area contributed by atoms with Crippen molar-refractivity contribution in [3.8, 4) is 27.7 Å². The standard InChI is InChI=1S/C16H16N6OS/c1-3-4-14-19-20-16-22(14)21-15(24-16)13-9-12(17-18-13)10-5-7-11(23-2)8-6-10/h5-9H,3-4H2,1-2H3,(H,17,18). The van der Waals surface area contributed by atoms with E-state index in [1.807, 2.05) is 34.8 Å². The van der Waals surface area contributed by atoms with Crippen molar-refractivity contribution in [1.29, 1.82) is 0 Å². The minimum absolute atomic E-state index is 0.800. The average Bonchev–Trinajstić information content (AvgIpc) is 3.31. The van der Waals surface area contributed by atoms with E-state index in [1.54, 1.807) is 7.11 Å². The van der Waals surface area contributed by atoms with Gasteiger partial charge in [-0.05, 0) is 36.8 Å². The fraction of sp³-hybridized carbons (Fsp3) is 0.250. The summed E-state index contributed by atoms with van der Waals surface area (Å²) in [6.07, 6.45) is 1.88. The lowest BCUT2D eigenvalue weighted by molar-refractivity contribution is 0.415. The number of aromatic amines is 1. The Morgan fingerprint density at radius 1 is 1.21 bits per heavy atom. The molecule has 4 rings (SSSR count). The van der Waals surface area contributed by atoms with Crippen molar-refractivity contribution in [2.45, 2.75) is 19.8 Å². The van der Waals surface area contributed by atoms with Gasteiger partial charge in [-0.3, -0.25) is 5.10 Å². The van der Waals surface area contributed by atoms with Gasteiger partial charge in [0.25, 0.3) is 0 Å². The van der Waals surface area contributed by atoms with Gasteiger partial charge in [-0.25, -0.2) is 0 Å². The van der Waals surface area contributed by atoms with Gasteiger partial charge in [0.05, 0.1) is 18.5 Å². The lowest BCUT2D eigenvalue weighted by atomic mass is 10.1. The van der Waals surface area contributed by atoms with E-state index < -0.39 is 0 Å². The van der Waals surface area contributed by atoms with Crippen molar-refractivity contribution in [2.75, 3.05) is 7.11 Å². The molecule has 24 heavy (non-hydrogen) atoms. The van der Waals surface area contributed by atoms with Gasteiger partial charge in [0, 0.05) is 12.0 Å². The number of ether oxygens (including phenoxy) is 1. The SMILES string of the molecule is CCCc1nnc2sc(-c3cc(-c4ccc(OC)cc4)n[nH]3)nn12. The van der Waals surface area contributed by atoms with E-state index in [-0.39, 0.29) is 0 Å². The van der Waals surface area contributed by atoms with Crippen LogP contribution in [0.15, 0.2) is 30.3 Å². The highest BCUT2D eigenvalue weighted by atomic mass is 32.1. The smallest absolute Gasteiger partial charge is 0.235 e. The number of fused-ring (bicyclic) bond motifs is 1. The summed E-state index contributed by atoms with van der Waals surface area (Å²) in [6, 6.07) is 9.80. The molecule has 1 aromatic carbocycles. The van der Waals surface area contributed by atoms with Crippen LogP contribution in [0.3, 0.4) is 0 Å². The fourth-order valence-corrected chi connectivity index (χ4v) is 3.31. The highest BCUT2D eigenvalue weighted by molar-refractivity contribution is 7.19. The van der Waals surface area contributed by atoms with Crippen molar-refractivity contribution in [3.63, 3.8) is 0 Å². The third kappa shape index (κ3) is 2.54. The van der Waals surface area contributed by atoms with Crippen LogP contribution in [0.25, 0.3) is 26.9 Å². The van der Waals surface area contributed by atoms with Gasteiger partial charge in [0.1, 0.15) is 5.75 Å². The number of rotatable bonds is 5. The Bertz CT molecular complexity index is 968. The van der Waals surface area contributed by atoms with E-state index in [2.05, 4.69) is 32.4 Å². The van der Waals surface area contributed by atoms with E-state index in [4.69, 9.17) is 4.74 Å². The average molecular weight is 340 g/mol. The summed E-state index contributed by atoms with van der Waals surface area (Å²) in [6.45, 7) is 2.12. The molecular weight excluding hydrogens is 324 g/mol. The Labute approximate surface area is 142 Å². The maximum absolute atomic E-state index is 5.18. The summed E-state index contributed by atoms with van der Waals surface area (Å²) in [5.41, 5.74) is 2.76. The summed E-state index contributed by atoms with van der Waals surface area (Å²) >= 11 is 1.50. The van der Waals surface area contributed by atoms with E-state index >= 15 is 0 Å². The first-order chi connectivity index (χ1) is 11.8. The van der Waals surface area contributed by atoms with Gasteiger partial charge in [0.15, 0.2) is 10.8 Å². The maximum Gasteiger partial charge on any atom is 0.235 e. The van der Waals surface area contributed by atoms with Crippen molar-refractivity contribution in [3.05, 3.63) is 36.2 Å². The third-order valence-corrected chi connectivity index (χ3v) is 4.66.